The number of ether oxygens (including phenoxy) is 2. The van der Waals surface area contributed by atoms with Crippen LogP contribution in [0.2, 0.25) is 5.02 Å². The van der Waals surface area contributed by atoms with Gasteiger partial charge in [0.1, 0.15) is 0 Å². The predicted molar refractivity (Wildman–Crippen MR) is 143 cm³/mol. The number of hydrogen-bond acceptors (Lipinski definition) is 5. The van der Waals surface area contributed by atoms with Gasteiger partial charge in [0.25, 0.3) is 0 Å². The second kappa shape index (κ2) is 11.7. The van der Waals surface area contributed by atoms with E-state index in [4.69, 9.17) is 33.3 Å². The van der Waals surface area contributed by atoms with Gasteiger partial charge in [0.05, 0.1) is 50.1 Å². The molecule has 0 bridgehead atoms. The Morgan fingerprint density at radius 1 is 0.857 bits per heavy atom. The lowest BCUT2D eigenvalue weighted by Crippen LogP contribution is -2.18. The molecule has 0 saturated heterocycles. The third-order valence-electron chi connectivity index (χ3n) is 4.97. The largest absolute Gasteiger partial charge is 0.490 e. The van der Waals surface area contributed by atoms with Crippen LogP contribution in [0.15, 0.2) is 67.3 Å². The van der Waals surface area contributed by atoms with Crippen molar-refractivity contribution in [3.8, 4) is 11.5 Å². The zero-order valence-corrected chi connectivity index (χ0v) is 21.1. The minimum atomic E-state index is 0.451. The van der Waals surface area contributed by atoms with E-state index in [1.807, 2.05) is 78.1 Å². The fraction of sp³-hybridized carbons (Fsp3) is 0.240. The molecular weight excluding hydrogens is 484 g/mol. The molecule has 2 aromatic carbocycles. The second-order valence-corrected chi connectivity index (χ2v) is 8.55. The molecular formula is C25H27ClN6O2S. The summed E-state index contributed by atoms with van der Waals surface area (Å²) in [7, 11) is 0. The van der Waals surface area contributed by atoms with Gasteiger partial charge in [0.2, 0.25) is 0 Å². The summed E-state index contributed by atoms with van der Waals surface area (Å²) in [4.78, 5) is 0. The van der Waals surface area contributed by atoms with Crippen LogP contribution in [0, 0.1) is 0 Å². The van der Waals surface area contributed by atoms with Gasteiger partial charge in [-0.25, -0.2) is 0 Å². The van der Waals surface area contributed by atoms with E-state index >= 15 is 0 Å². The van der Waals surface area contributed by atoms with Crippen LogP contribution < -0.4 is 20.1 Å². The first-order chi connectivity index (χ1) is 17.0. The maximum Gasteiger partial charge on any atom is 0.175 e. The van der Waals surface area contributed by atoms with E-state index in [-0.39, 0.29) is 0 Å². The minimum absolute atomic E-state index is 0.451. The Hall–Kier alpha value is -3.56. The molecule has 0 aliphatic carbocycles. The summed E-state index contributed by atoms with van der Waals surface area (Å²) in [6.07, 6.45) is 7.24. The molecule has 0 aliphatic rings. The maximum absolute atomic E-state index is 6.06. The van der Waals surface area contributed by atoms with Crippen LogP contribution in [-0.4, -0.2) is 37.9 Å². The minimum Gasteiger partial charge on any atom is -0.490 e. The van der Waals surface area contributed by atoms with Crippen LogP contribution in [0.25, 0.3) is 0 Å². The first-order valence-corrected chi connectivity index (χ1v) is 12.1. The van der Waals surface area contributed by atoms with Crippen molar-refractivity contribution in [2.45, 2.75) is 26.9 Å². The molecule has 35 heavy (non-hydrogen) atoms. The van der Waals surface area contributed by atoms with Gasteiger partial charge in [-0.05, 0) is 61.5 Å². The average molecular weight is 511 g/mol. The Balaban J connectivity index is 1.32. The summed E-state index contributed by atoms with van der Waals surface area (Å²) < 4.78 is 15.0. The molecule has 8 nitrogen and oxygen atoms in total. The van der Waals surface area contributed by atoms with Gasteiger partial charge in [-0.3, -0.25) is 9.36 Å². The van der Waals surface area contributed by atoms with Crippen molar-refractivity contribution in [1.82, 2.24) is 19.6 Å². The van der Waals surface area contributed by atoms with Crippen molar-refractivity contribution in [2.75, 3.05) is 23.8 Å². The molecule has 10 heteroatoms. The highest BCUT2D eigenvalue weighted by molar-refractivity contribution is 7.80. The predicted octanol–water partition coefficient (Wildman–Crippen LogP) is 5.44. The number of benzene rings is 2. The number of aromatic nitrogens is 4. The van der Waals surface area contributed by atoms with Crippen molar-refractivity contribution in [1.29, 1.82) is 0 Å². The third kappa shape index (κ3) is 6.97. The van der Waals surface area contributed by atoms with Crippen LogP contribution in [0.5, 0.6) is 11.5 Å². The van der Waals surface area contributed by atoms with Gasteiger partial charge in [-0.15, -0.1) is 0 Å². The average Bonchev–Trinajstić information content (AvgIpc) is 3.45. The maximum atomic E-state index is 6.06. The molecule has 2 heterocycles. The molecule has 0 spiro atoms. The van der Waals surface area contributed by atoms with Crippen molar-refractivity contribution in [2.24, 2.45) is 0 Å². The van der Waals surface area contributed by atoms with Crippen LogP contribution in [0.1, 0.15) is 25.0 Å². The summed E-state index contributed by atoms with van der Waals surface area (Å²) in [6.45, 7) is 6.27. The van der Waals surface area contributed by atoms with E-state index in [2.05, 4.69) is 20.8 Å². The molecule has 0 saturated carbocycles. The normalized spacial score (nSPS) is 10.7. The molecule has 0 atom stereocenters. The molecule has 4 aromatic rings. The van der Waals surface area contributed by atoms with Crippen LogP contribution in [0.4, 0.5) is 11.4 Å². The quantitative estimate of drug-likeness (QED) is 0.275. The van der Waals surface area contributed by atoms with E-state index in [0.29, 0.717) is 36.4 Å². The Labute approximate surface area is 214 Å². The van der Waals surface area contributed by atoms with E-state index < -0.39 is 0 Å². The van der Waals surface area contributed by atoms with E-state index in [1.54, 1.807) is 12.4 Å². The number of nitrogens with one attached hydrogen (secondary N) is 2. The van der Waals surface area contributed by atoms with Crippen LogP contribution in [0.3, 0.4) is 0 Å². The third-order valence-corrected chi connectivity index (χ3v) is 5.41. The molecule has 4 rings (SSSR count). The molecule has 0 radical (unpaired) electrons. The van der Waals surface area contributed by atoms with E-state index in [1.165, 1.54) is 0 Å². The van der Waals surface area contributed by atoms with Gasteiger partial charge in [-0.2, -0.15) is 10.2 Å². The van der Waals surface area contributed by atoms with Crippen molar-refractivity contribution >= 4 is 40.3 Å². The summed E-state index contributed by atoms with van der Waals surface area (Å²) in [5, 5.41) is 16.3. The number of halogens is 1. The molecule has 0 amide bonds. The van der Waals surface area contributed by atoms with E-state index in [0.717, 1.165) is 34.0 Å². The highest BCUT2D eigenvalue weighted by Gasteiger charge is 2.09. The standard InChI is InChI=1S/C25H27ClN6O2S/c1-3-33-23-9-8-19(11-24(23)34-4-2)15-32-17-22(13-28-32)30-25(35)29-21-12-27-31(16-21)14-18-6-5-7-20(26)10-18/h5-13,16-17H,3-4,14-15H2,1-2H3,(H2,29,30,35). The monoisotopic (exact) mass is 510 g/mol. The van der Waals surface area contributed by atoms with Crippen LogP contribution >= 0.6 is 23.8 Å². The lowest BCUT2D eigenvalue weighted by Gasteiger charge is -2.12. The van der Waals surface area contributed by atoms with Gasteiger partial charge >= 0.3 is 0 Å². The van der Waals surface area contributed by atoms with Gasteiger partial charge in [0.15, 0.2) is 16.6 Å². The number of nitrogens with zero attached hydrogens (tertiary/aromatic N) is 4. The fourth-order valence-corrected chi connectivity index (χ4v) is 3.97. The zero-order chi connectivity index (χ0) is 24.6. The van der Waals surface area contributed by atoms with Gasteiger partial charge in [0, 0.05) is 17.4 Å². The summed E-state index contributed by atoms with van der Waals surface area (Å²) in [6, 6.07) is 13.6. The molecule has 0 fully saturated rings. The Kier molecular flexibility index (Phi) is 8.23. The highest BCUT2D eigenvalue weighted by Crippen LogP contribution is 2.29. The van der Waals surface area contributed by atoms with Crippen molar-refractivity contribution in [3.63, 3.8) is 0 Å². The summed E-state index contributed by atoms with van der Waals surface area (Å²) in [5.74, 6) is 1.48. The fourth-order valence-electron chi connectivity index (χ4n) is 3.53. The Bertz CT molecular complexity index is 1290. The number of thiocarbonyl (C=S) groups is 1. The Morgan fingerprint density at radius 3 is 2.06 bits per heavy atom. The van der Waals surface area contributed by atoms with Crippen molar-refractivity contribution < 1.29 is 9.47 Å². The number of rotatable bonds is 10. The molecule has 0 aliphatic heterocycles. The van der Waals surface area contributed by atoms with Crippen LogP contribution in [-0.2, 0) is 13.1 Å². The van der Waals surface area contributed by atoms with Gasteiger partial charge in [-0.1, -0.05) is 29.8 Å². The molecule has 0 unspecified atom stereocenters. The molecule has 2 aromatic heterocycles. The van der Waals surface area contributed by atoms with E-state index in [9.17, 15) is 0 Å². The Morgan fingerprint density at radius 2 is 1.46 bits per heavy atom. The first-order valence-electron chi connectivity index (χ1n) is 11.3. The topological polar surface area (TPSA) is 78.2 Å². The molecule has 2 N–H and O–H groups in total. The van der Waals surface area contributed by atoms with Crippen molar-refractivity contribution in [3.05, 3.63) is 83.4 Å². The summed E-state index contributed by atoms with van der Waals surface area (Å²) in [5.41, 5.74) is 3.69. The zero-order valence-electron chi connectivity index (χ0n) is 19.6. The SMILES string of the molecule is CCOc1ccc(Cn2cc(NC(=S)Nc3cnn(Cc4cccc(Cl)c4)c3)cn2)cc1OCC. The summed E-state index contributed by atoms with van der Waals surface area (Å²) >= 11 is 11.5. The number of anilines is 2. The van der Waals surface area contributed by atoms with Gasteiger partial charge < -0.3 is 20.1 Å². The molecule has 182 valence electrons. The first kappa shape index (κ1) is 24.6. The number of hydrogen-bond donors (Lipinski definition) is 2. The smallest absolute Gasteiger partial charge is 0.175 e. The highest BCUT2D eigenvalue weighted by atomic mass is 35.5. The lowest BCUT2D eigenvalue weighted by molar-refractivity contribution is 0.287. The lowest BCUT2D eigenvalue weighted by atomic mass is 10.2. The second-order valence-electron chi connectivity index (χ2n) is 7.71.